The molecule has 20 heavy (non-hydrogen) atoms. The summed E-state index contributed by atoms with van der Waals surface area (Å²) in [4.78, 5) is 24.8. The Labute approximate surface area is 121 Å². The number of para-hydroxylation sites is 1. The van der Waals surface area contributed by atoms with E-state index in [-0.39, 0.29) is 28.9 Å². The maximum absolute atomic E-state index is 12.6. The SMILES string of the molecule is CC1SCCN(C(=O)c2cccc(N)c2[N+](=O)[O-])C1C. The van der Waals surface area contributed by atoms with Crippen LogP contribution in [-0.2, 0) is 0 Å². The van der Waals surface area contributed by atoms with Gasteiger partial charge in [-0.1, -0.05) is 13.0 Å². The molecule has 0 saturated carbocycles. The van der Waals surface area contributed by atoms with Gasteiger partial charge in [0.25, 0.3) is 5.91 Å². The van der Waals surface area contributed by atoms with Crippen molar-refractivity contribution in [3.8, 4) is 0 Å². The van der Waals surface area contributed by atoms with Gasteiger partial charge in [0.1, 0.15) is 11.3 Å². The summed E-state index contributed by atoms with van der Waals surface area (Å²) in [7, 11) is 0. The lowest BCUT2D eigenvalue weighted by Gasteiger charge is -2.37. The predicted octanol–water partition coefficient (Wildman–Crippen LogP) is 2.14. The fourth-order valence-electron chi connectivity index (χ4n) is 2.31. The summed E-state index contributed by atoms with van der Waals surface area (Å²) in [5, 5.41) is 11.4. The molecule has 1 saturated heterocycles. The van der Waals surface area contributed by atoms with Gasteiger partial charge in [-0.2, -0.15) is 11.8 Å². The van der Waals surface area contributed by atoms with E-state index in [1.807, 2.05) is 6.92 Å². The van der Waals surface area contributed by atoms with Crippen LogP contribution in [0.4, 0.5) is 11.4 Å². The molecule has 1 fully saturated rings. The predicted molar refractivity (Wildman–Crippen MR) is 79.9 cm³/mol. The Hall–Kier alpha value is -1.76. The molecule has 108 valence electrons. The minimum Gasteiger partial charge on any atom is -0.393 e. The van der Waals surface area contributed by atoms with Crippen molar-refractivity contribution in [1.29, 1.82) is 0 Å². The highest BCUT2D eigenvalue weighted by molar-refractivity contribution is 8.00. The van der Waals surface area contributed by atoms with Gasteiger partial charge in [0.2, 0.25) is 0 Å². The van der Waals surface area contributed by atoms with E-state index >= 15 is 0 Å². The van der Waals surface area contributed by atoms with Crippen molar-refractivity contribution in [1.82, 2.24) is 4.90 Å². The van der Waals surface area contributed by atoms with E-state index in [2.05, 4.69) is 6.92 Å². The summed E-state index contributed by atoms with van der Waals surface area (Å²) in [5.41, 5.74) is 5.43. The molecular formula is C13H17N3O3S. The molecule has 0 aliphatic carbocycles. The highest BCUT2D eigenvalue weighted by Gasteiger charge is 2.33. The molecule has 7 heteroatoms. The molecule has 2 rings (SSSR count). The zero-order chi connectivity index (χ0) is 14.9. The molecule has 0 bridgehead atoms. The van der Waals surface area contributed by atoms with Crippen LogP contribution in [0.2, 0.25) is 0 Å². The molecule has 1 aromatic carbocycles. The summed E-state index contributed by atoms with van der Waals surface area (Å²) >= 11 is 1.80. The first-order chi connectivity index (χ1) is 9.43. The molecule has 2 atom stereocenters. The number of benzene rings is 1. The van der Waals surface area contributed by atoms with Gasteiger partial charge in [0.15, 0.2) is 0 Å². The number of nitrogen functional groups attached to an aromatic ring is 1. The molecular weight excluding hydrogens is 278 g/mol. The van der Waals surface area contributed by atoms with E-state index in [0.29, 0.717) is 11.8 Å². The number of nitro groups is 1. The highest BCUT2D eigenvalue weighted by atomic mass is 32.2. The minimum absolute atomic E-state index is 0.0212. The summed E-state index contributed by atoms with van der Waals surface area (Å²) < 4.78 is 0. The summed E-state index contributed by atoms with van der Waals surface area (Å²) in [6.45, 7) is 4.62. The summed E-state index contributed by atoms with van der Waals surface area (Å²) in [6.07, 6.45) is 0. The van der Waals surface area contributed by atoms with Crippen molar-refractivity contribution >= 4 is 29.0 Å². The maximum Gasteiger partial charge on any atom is 0.304 e. The third kappa shape index (κ3) is 2.58. The first-order valence-electron chi connectivity index (χ1n) is 6.39. The lowest BCUT2D eigenvalue weighted by molar-refractivity contribution is -0.384. The molecule has 0 spiro atoms. The summed E-state index contributed by atoms with van der Waals surface area (Å²) in [5.74, 6) is 0.525. The Morgan fingerprint density at radius 3 is 2.85 bits per heavy atom. The van der Waals surface area contributed by atoms with Gasteiger partial charge in [-0.3, -0.25) is 14.9 Å². The number of anilines is 1. The van der Waals surface area contributed by atoms with E-state index in [1.165, 1.54) is 12.1 Å². The van der Waals surface area contributed by atoms with E-state index in [1.54, 1.807) is 22.7 Å². The molecule has 1 amide bonds. The van der Waals surface area contributed by atoms with Crippen LogP contribution < -0.4 is 5.73 Å². The third-order valence-corrected chi connectivity index (χ3v) is 4.96. The number of nitrogens with two attached hydrogens (primary N) is 1. The quantitative estimate of drug-likeness (QED) is 0.513. The lowest BCUT2D eigenvalue weighted by Crippen LogP contribution is -2.48. The molecule has 2 N–H and O–H groups in total. The monoisotopic (exact) mass is 295 g/mol. The lowest BCUT2D eigenvalue weighted by atomic mass is 10.1. The molecule has 1 aliphatic rings. The van der Waals surface area contributed by atoms with E-state index in [9.17, 15) is 14.9 Å². The van der Waals surface area contributed by atoms with Gasteiger partial charge in [-0.25, -0.2) is 0 Å². The molecule has 1 aromatic rings. The van der Waals surface area contributed by atoms with Gasteiger partial charge in [0, 0.05) is 23.6 Å². The van der Waals surface area contributed by atoms with Gasteiger partial charge >= 0.3 is 5.69 Å². The Morgan fingerprint density at radius 1 is 1.50 bits per heavy atom. The Balaban J connectivity index is 2.39. The van der Waals surface area contributed by atoms with E-state index in [4.69, 9.17) is 5.73 Å². The molecule has 0 radical (unpaired) electrons. The van der Waals surface area contributed by atoms with Gasteiger partial charge < -0.3 is 10.6 Å². The number of carbonyl (C=O) groups excluding carboxylic acids is 1. The van der Waals surface area contributed by atoms with Crippen molar-refractivity contribution in [3.05, 3.63) is 33.9 Å². The van der Waals surface area contributed by atoms with Crippen LogP contribution in [0.3, 0.4) is 0 Å². The van der Waals surface area contributed by atoms with E-state index < -0.39 is 4.92 Å². The number of nitrogens with zero attached hydrogens (tertiary/aromatic N) is 2. The van der Waals surface area contributed by atoms with Gasteiger partial charge in [-0.05, 0) is 19.1 Å². The zero-order valence-electron chi connectivity index (χ0n) is 11.4. The van der Waals surface area contributed by atoms with Crippen LogP contribution in [-0.4, -0.2) is 39.3 Å². The van der Waals surface area contributed by atoms with Crippen LogP contribution in [0.25, 0.3) is 0 Å². The number of rotatable bonds is 2. The van der Waals surface area contributed by atoms with Crippen LogP contribution >= 0.6 is 11.8 Å². The topological polar surface area (TPSA) is 89.5 Å². The minimum atomic E-state index is -0.588. The number of amides is 1. The second kappa shape index (κ2) is 5.70. The van der Waals surface area contributed by atoms with Crippen molar-refractivity contribution in [2.45, 2.75) is 25.1 Å². The number of hydrogen-bond donors (Lipinski definition) is 1. The standard InChI is InChI=1S/C13H17N3O3S/c1-8-9(2)20-7-6-15(8)13(17)10-4-3-5-11(14)12(10)16(18)19/h3-5,8-9H,6-7,14H2,1-2H3. The maximum atomic E-state index is 12.6. The molecule has 6 nitrogen and oxygen atoms in total. The van der Waals surface area contributed by atoms with Crippen molar-refractivity contribution in [2.24, 2.45) is 0 Å². The number of nitro benzene ring substituents is 1. The van der Waals surface area contributed by atoms with Crippen LogP contribution in [0.5, 0.6) is 0 Å². The molecule has 2 unspecified atom stereocenters. The van der Waals surface area contributed by atoms with Crippen molar-refractivity contribution in [2.75, 3.05) is 18.0 Å². The summed E-state index contributed by atoms with van der Waals surface area (Å²) in [6, 6.07) is 4.52. The number of hydrogen-bond acceptors (Lipinski definition) is 5. The first-order valence-corrected chi connectivity index (χ1v) is 7.43. The van der Waals surface area contributed by atoms with E-state index in [0.717, 1.165) is 5.75 Å². The number of thioether (sulfide) groups is 1. The number of carbonyl (C=O) groups is 1. The fraction of sp³-hybridized carbons (Fsp3) is 0.462. The zero-order valence-corrected chi connectivity index (χ0v) is 12.2. The third-order valence-electron chi connectivity index (χ3n) is 3.62. The largest absolute Gasteiger partial charge is 0.393 e. The second-order valence-electron chi connectivity index (χ2n) is 4.82. The van der Waals surface area contributed by atoms with Gasteiger partial charge in [0.05, 0.1) is 4.92 Å². The Morgan fingerprint density at radius 2 is 2.20 bits per heavy atom. The fourth-order valence-corrected chi connectivity index (χ4v) is 3.41. The average molecular weight is 295 g/mol. The van der Waals surface area contributed by atoms with Crippen LogP contribution in [0.1, 0.15) is 24.2 Å². The van der Waals surface area contributed by atoms with Gasteiger partial charge in [-0.15, -0.1) is 0 Å². The highest BCUT2D eigenvalue weighted by Crippen LogP contribution is 2.30. The first kappa shape index (κ1) is 14.6. The average Bonchev–Trinajstić information content (AvgIpc) is 2.40. The molecule has 1 aliphatic heterocycles. The van der Waals surface area contributed by atoms with Crippen LogP contribution in [0, 0.1) is 10.1 Å². The normalized spacial score (nSPS) is 22.6. The molecule has 1 heterocycles. The smallest absolute Gasteiger partial charge is 0.304 e. The Kier molecular flexibility index (Phi) is 4.17. The van der Waals surface area contributed by atoms with Crippen molar-refractivity contribution < 1.29 is 9.72 Å². The van der Waals surface area contributed by atoms with Crippen LogP contribution in [0.15, 0.2) is 18.2 Å². The van der Waals surface area contributed by atoms with Crippen molar-refractivity contribution in [3.63, 3.8) is 0 Å². The molecule has 0 aromatic heterocycles. The Bertz CT molecular complexity index is 550. The second-order valence-corrected chi connectivity index (χ2v) is 6.30.